The summed E-state index contributed by atoms with van der Waals surface area (Å²) in [5.74, 6) is -1.59. The van der Waals surface area contributed by atoms with Gasteiger partial charge in [0.25, 0.3) is 0 Å². The Balaban J connectivity index is 3.25. The van der Waals surface area contributed by atoms with E-state index in [9.17, 15) is 9.59 Å². The molecule has 0 aliphatic carbocycles. The van der Waals surface area contributed by atoms with Crippen LogP contribution in [0, 0.1) is 0 Å². The van der Waals surface area contributed by atoms with Gasteiger partial charge in [0.2, 0.25) is 5.78 Å². The molecule has 0 aromatic heterocycles. The van der Waals surface area contributed by atoms with Crippen LogP contribution in [0.1, 0.15) is 26.7 Å². The summed E-state index contributed by atoms with van der Waals surface area (Å²) < 4.78 is 0. The van der Waals surface area contributed by atoms with Gasteiger partial charge in [-0.15, -0.1) is 0 Å². The fraction of sp³-hybridized carbons (Fsp3) is 0.714. The van der Waals surface area contributed by atoms with Gasteiger partial charge in [0.05, 0.1) is 6.61 Å². The van der Waals surface area contributed by atoms with Crippen molar-refractivity contribution >= 4 is 11.8 Å². The summed E-state index contributed by atoms with van der Waals surface area (Å²) in [6.07, 6.45) is 1.77. The third-order valence-corrected chi connectivity index (χ3v) is 1.00. The maximum absolute atomic E-state index is 10.4. The van der Waals surface area contributed by atoms with Gasteiger partial charge in [0.1, 0.15) is 0 Å². The minimum atomic E-state index is -0.943. The molecule has 0 aliphatic heterocycles. The van der Waals surface area contributed by atoms with E-state index in [-0.39, 0.29) is 0 Å². The molecule has 0 aliphatic rings. The molecule has 0 aromatic carbocycles. The van der Waals surface area contributed by atoms with Gasteiger partial charge in [0, 0.05) is 6.92 Å². The van der Waals surface area contributed by atoms with Gasteiger partial charge in [0.15, 0.2) is 0 Å². The van der Waals surface area contributed by atoms with Gasteiger partial charge in [-0.1, -0.05) is 13.3 Å². The molecule has 0 radical (unpaired) electrons. The Labute approximate surface area is 65.4 Å². The summed E-state index contributed by atoms with van der Waals surface area (Å²) in [6, 6.07) is 0. The van der Waals surface area contributed by atoms with Gasteiger partial charge in [-0.05, 0) is 6.42 Å². The van der Waals surface area contributed by atoms with Gasteiger partial charge in [-0.2, -0.15) is 4.89 Å². The van der Waals surface area contributed by atoms with Crippen LogP contribution in [0.25, 0.3) is 0 Å². The largest absolute Gasteiger partial charge is 0.408 e. The summed E-state index contributed by atoms with van der Waals surface area (Å²) in [7, 11) is 0. The van der Waals surface area contributed by atoms with E-state index in [1.165, 1.54) is 0 Å². The predicted octanol–water partition coefficient (Wildman–Crippen LogP) is 0.850. The molecule has 11 heavy (non-hydrogen) atoms. The molecular formula is C7H12O4. The molecule has 0 amide bonds. The van der Waals surface area contributed by atoms with Crippen molar-refractivity contribution in [1.29, 1.82) is 0 Å². The topological polar surface area (TPSA) is 52.6 Å². The van der Waals surface area contributed by atoms with E-state index >= 15 is 0 Å². The zero-order valence-corrected chi connectivity index (χ0v) is 6.75. The number of Topliss-reactive ketones (excluding diaryl/α,β-unsaturated/α-hetero) is 1. The summed E-state index contributed by atoms with van der Waals surface area (Å²) in [5, 5.41) is 0. The number of rotatable bonds is 5. The molecule has 0 N–H and O–H groups in total. The molecule has 0 unspecified atom stereocenters. The Hall–Kier alpha value is -0.900. The van der Waals surface area contributed by atoms with Crippen LogP contribution in [0.2, 0.25) is 0 Å². The minimum absolute atomic E-state index is 0.343. The van der Waals surface area contributed by atoms with Crippen molar-refractivity contribution in [3.05, 3.63) is 0 Å². The molecule has 0 aromatic rings. The monoisotopic (exact) mass is 160 g/mol. The quantitative estimate of drug-likeness (QED) is 0.259. The summed E-state index contributed by atoms with van der Waals surface area (Å²) >= 11 is 0. The van der Waals surface area contributed by atoms with Crippen LogP contribution < -0.4 is 0 Å². The summed E-state index contributed by atoms with van der Waals surface area (Å²) in [5.41, 5.74) is 0. The summed E-state index contributed by atoms with van der Waals surface area (Å²) in [4.78, 5) is 29.2. The molecule has 64 valence electrons. The number of carbonyl (C=O) groups is 2. The molecule has 0 bridgehead atoms. The first-order valence-corrected chi connectivity index (χ1v) is 3.52. The standard InChI is InChI=1S/C7H12O4/c1-3-4-5-10-11-7(9)6(2)8/h3-5H2,1-2H3. The highest BCUT2D eigenvalue weighted by molar-refractivity contribution is 6.32. The first-order chi connectivity index (χ1) is 5.18. The molecule has 0 spiro atoms. The highest BCUT2D eigenvalue weighted by atomic mass is 17.2. The SMILES string of the molecule is CCCCOOC(=O)C(C)=O. The minimum Gasteiger partial charge on any atom is -0.289 e. The van der Waals surface area contributed by atoms with Crippen molar-refractivity contribution in [2.45, 2.75) is 26.7 Å². The molecule has 0 rings (SSSR count). The molecule has 0 saturated carbocycles. The number of hydrogen-bond donors (Lipinski definition) is 0. The Morgan fingerprint density at radius 3 is 2.45 bits per heavy atom. The van der Waals surface area contributed by atoms with Crippen molar-refractivity contribution < 1.29 is 19.4 Å². The van der Waals surface area contributed by atoms with Gasteiger partial charge in [-0.3, -0.25) is 9.68 Å². The molecule has 0 heterocycles. The van der Waals surface area contributed by atoms with Crippen LogP contribution in [0.15, 0.2) is 0 Å². The second-order valence-electron chi connectivity index (χ2n) is 2.10. The van der Waals surface area contributed by atoms with Crippen LogP contribution in [0.3, 0.4) is 0 Å². The van der Waals surface area contributed by atoms with Gasteiger partial charge >= 0.3 is 5.97 Å². The molecule has 4 heteroatoms. The average Bonchev–Trinajstić information content (AvgIpc) is 1.97. The van der Waals surface area contributed by atoms with Crippen molar-refractivity contribution in [3.8, 4) is 0 Å². The van der Waals surface area contributed by atoms with E-state index < -0.39 is 11.8 Å². The van der Waals surface area contributed by atoms with Crippen LogP contribution in [0.4, 0.5) is 0 Å². The molecule has 4 nitrogen and oxygen atoms in total. The van der Waals surface area contributed by atoms with Crippen molar-refractivity contribution in [2.75, 3.05) is 6.61 Å². The molecule has 0 fully saturated rings. The number of unbranched alkanes of at least 4 members (excludes halogenated alkanes) is 1. The highest BCUT2D eigenvalue weighted by Crippen LogP contribution is 1.89. The normalized spacial score (nSPS) is 9.27. The zero-order chi connectivity index (χ0) is 8.69. The maximum atomic E-state index is 10.4. The molecule has 0 atom stereocenters. The van der Waals surface area contributed by atoms with E-state index in [1.54, 1.807) is 0 Å². The molecular weight excluding hydrogens is 148 g/mol. The maximum Gasteiger partial charge on any atom is 0.408 e. The van der Waals surface area contributed by atoms with Crippen molar-refractivity contribution in [2.24, 2.45) is 0 Å². The zero-order valence-electron chi connectivity index (χ0n) is 6.75. The smallest absolute Gasteiger partial charge is 0.289 e. The predicted molar refractivity (Wildman–Crippen MR) is 37.6 cm³/mol. The van der Waals surface area contributed by atoms with E-state index in [4.69, 9.17) is 0 Å². The van der Waals surface area contributed by atoms with E-state index in [0.717, 1.165) is 19.8 Å². The van der Waals surface area contributed by atoms with E-state index in [2.05, 4.69) is 9.78 Å². The lowest BCUT2D eigenvalue weighted by Crippen LogP contribution is -2.14. The Kier molecular flexibility index (Phi) is 5.37. The first-order valence-electron chi connectivity index (χ1n) is 3.52. The fourth-order valence-corrected chi connectivity index (χ4v) is 0.357. The highest BCUT2D eigenvalue weighted by Gasteiger charge is 2.08. The number of hydrogen-bond acceptors (Lipinski definition) is 4. The van der Waals surface area contributed by atoms with Crippen molar-refractivity contribution in [1.82, 2.24) is 0 Å². The second-order valence-corrected chi connectivity index (χ2v) is 2.10. The average molecular weight is 160 g/mol. The van der Waals surface area contributed by atoms with Crippen LogP contribution in [-0.4, -0.2) is 18.4 Å². The lowest BCUT2D eigenvalue weighted by atomic mass is 10.4. The fourth-order valence-electron chi connectivity index (χ4n) is 0.357. The van der Waals surface area contributed by atoms with Crippen LogP contribution >= 0.6 is 0 Å². The number of carbonyl (C=O) groups excluding carboxylic acids is 2. The van der Waals surface area contributed by atoms with Crippen LogP contribution in [-0.2, 0) is 19.4 Å². The third-order valence-electron chi connectivity index (χ3n) is 1.00. The first kappa shape index (κ1) is 10.1. The number of ketones is 1. The van der Waals surface area contributed by atoms with Gasteiger partial charge in [-0.25, -0.2) is 4.79 Å². The van der Waals surface area contributed by atoms with E-state index in [0.29, 0.717) is 6.61 Å². The lowest BCUT2D eigenvalue weighted by Gasteiger charge is -1.98. The van der Waals surface area contributed by atoms with Crippen molar-refractivity contribution in [3.63, 3.8) is 0 Å². The second kappa shape index (κ2) is 5.85. The summed E-state index contributed by atoms with van der Waals surface area (Å²) in [6.45, 7) is 3.46. The van der Waals surface area contributed by atoms with E-state index in [1.807, 2.05) is 6.92 Å². The third kappa shape index (κ3) is 5.54. The Bertz CT molecular complexity index is 141. The van der Waals surface area contributed by atoms with Crippen LogP contribution in [0.5, 0.6) is 0 Å². The lowest BCUT2D eigenvalue weighted by molar-refractivity contribution is -0.269. The Morgan fingerprint density at radius 1 is 1.36 bits per heavy atom. The van der Waals surface area contributed by atoms with Gasteiger partial charge < -0.3 is 0 Å². The Morgan fingerprint density at radius 2 is 2.00 bits per heavy atom. The molecule has 0 saturated heterocycles.